The van der Waals surface area contributed by atoms with Crippen molar-refractivity contribution in [2.45, 2.75) is 20.8 Å². The van der Waals surface area contributed by atoms with Crippen LogP contribution in [0.25, 0.3) is 6.08 Å². The van der Waals surface area contributed by atoms with Crippen molar-refractivity contribution in [3.63, 3.8) is 0 Å². The lowest BCUT2D eigenvalue weighted by atomic mass is 9.98. The largest absolute Gasteiger partial charge is 0.486 e. The number of nitrogens with zero attached hydrogens (tertiary/aromatic N) is 1. The average molecular weight is 348 g/mol. The Bertz CT molecular complexity index is 916. The Morgan fingerprint density at radius 1 is 1.08 bits per heavy atom. The topological polar surface area (TPSA) is 71.4 Å². The van der Waals surface area contributed by atoms with Gasteiger partial charge in [0.15, 0.2) is 11.5 Å². The van der Waals surface area contributed by atoms with Gasteiger partial charge in [-0.2, -0.15) is 5.26 Å². The number of hydrogen-bond donors (Lipinski definition) is 1. The van der Waals surface area contributed by atoms with Crippen LogP contribution in [-0.2, 0) is 4.79 Å². The highest BCUT2D eigenvalue weighted by atomic mass is 16.6. The molecule has 2 aromatic carbocycles. The van der Waals surface area contributed by atoms with Crippen molar-refractivity contribution in [2.75, 3.05) is 18.5 Å². The van der Waals surface area contributed by atoms with Gasteiger partial charge in [0, 0.05) is 11.8 Å². The highest BCUT2D eigenvalue weighted by Crippen LogP contribution is 2.32. The zero-order chi connectivity index (χ0) is 18.7. The smallest absolute Gasteiger partial charge is 0.266 e. The van der Waals surface area contributed by atoms with E-state index < -0.39 is 5.91 Å². The van der Waals surface area contributed by atoms with Gasteiger partial charge in [0.05, 0.1) is 0 Å². The summed E-state index contributed by atoms with van der Waals surface area (Å²) in [6.07, 6.45) is 1.64. The molecule has 26 heavy (non-hydrogen) atoms. The van der Waals surface area contributed by atoms with E-state index in [4.69, 9.17) is 9.47 Å². The fourth-order valence-electron chi connectivity index (χ4n) is 3.03. The maximum atomic E-state index is 12.5. The number of carbonyl (C=O) groups excluding carboxylic acids is 1. The lowest BCUT2D eigenvalue weighted by molar-refractivity contribution is -0.112. The summed E-state index contributed by atoms with van der Waals surface area (Å²) >= 11 is 0. The Kier molecular flexibility index (Phi) is 4.94. The molecule has 5 nitrogen and oxygen atoms in total. The molecule has 0 saturated carbocycles. The van der Waals surface area contributed by atoms with Crippen LogP contribution in [0, 0.1) is 32.1 Å². The van der Waals surface area contributed by atoms with E-state index in [9.17, 15) is 10.1 Å². The lowest BCUT2D eigenvalue weighted by Crippen LogP contribution is -2.17. The first-order chi connectivity index (χ1) is 12.5. The molecule has 0 atom stereocenters. The zero-order valence-electron chi connectivity index (χ0n) is 15.1. The Labute approximate surface area is 152 Å². The zero-order valence-corrected chi connectivity index (χ0v) is 15.1. The van der Waals surface area contributed by atoms with E-state index in [2.05, 4.69) is 5.32 Å². The quantitative estimate of drug-likeness (QED) is 0.674. The highest BCUT2D eigenvalue weighted by Gasteiger charge is 2.15. The fraction of sp³-hybridized carbons (Fsp3) is 0.238. The molecule has 1 amide bonds. The van der Waals surface area contributed by atoms with Crippen LogP contribution >= 0.6 is 0 Å². The number of amides is 1. The summed E-state index contributed by atoms with van der Waals surface area (Å²) in [5.74, 6) is 0.779. The van der Waals surface area contributed by atoms with Crippen molar-refractivity contribution in [3.8, 4) is 17.6 Å². The second-order valence-electron chi connectivity index (χ2n) is 6.29. The van der Waals surface area contributed by atoms with E-state index in [1.165, 1.54) is 0 Å². The molecule has 2 aromatic rings. The van der Waals surface area contributed by atoms with Crippen molar-refractivity contribution in [1.82, 2.24) is 0 Å². The van der Waals surface area contributed by atoms with Crippen molar-refractivity contribution >= 4 is 17.7 Å². The third-order valence-corrected chi connectivity index (χ3v) is 4.19. The summed E-state index contributed by atoms with van der Waals surface area (Å²) in [5.41, 5.74) is 4.71. The van der Waals surface area contributed by atoms with Crippen LogP contribution in [0.15, 0.2) is 35.9 Å². The summed E-state index contributed by atoms with van der Waals surface area (Å²) in [7, 11) is 0. The van der Waals surface area contributed by atoms with Gasteiger partial charge < -0.3 is 14.8 Å². The minimum absolute atomic E-state index is 0.0509. The first-order valence-electron chi connectivity index (χ1n) is 8.38. The van der Waals surface area contributed by atoms with Crippen LogP contribution in [0.3, 0.4) is 0 Å². The Morgan fingerprint density at radius 2 is 1.73 bits per heavy atom. The number of carbonyl (C=O) groups is 1. The number of anilines is 1. The molecule has 0 aromatic heterocycles. The van der Waals surface area contributed by atoms with Gasteiger partial charge in [-0.1, -0.05) is 17.7 Å². The van der Waals surface area contributed by atoms with E-state index >= 15 is 0 Å². The van der Waals surface area contributed by atoms with Gasteiger partial charge in [-0.3, -0.25) is 4.79 Å². The highest BCUT2D eigenvalue weighted by molar-refractivity contribution is 6.10. The fourth-order valence-corrected chi connectivity index (χ4v) is 3.03. The normalized spacial score (nSPS) is 13.1. The number of ether oxygens (including phenoxy) is 2. The molecule has 0 bridgehead atoms. The molecular weight excluding hydrogens is 328 g/mol. The molecule has 1 aliphatic heterocycles. The standard InChI is InChI=1S/C21H20N2O3/c1-13-8-14(2)18(15(3)9-13)10-16(12-22)21(24)23-17-4-5-19-20(11-17)26-7-6-25-19/h4-5,8-11H,6-7H2,1-3H3,(H,23,24)/b16-10+. The molecular formula is C21H20N2O3. The van der Waals surface area contributed by atoms with Gasteiger partial charge in [0.25, 0.3) is 5.91 Å². The van der Waals surface area contributed by atoms with Gasteiger partial charge in [-0.15, -0.1) is 0 Å². The maximum Gasteiger partial charge on any atom is 0.266 e. The predicted octanol–water partition coefficient (Wildman–Crippen LogP) is 3.93. The van der Waals surface area contributed by atoms with Gasteiger partial charge in [-0.05, 0) is 55.7 Å². The molecule has 1 aliphatic rings. The minimum Gasteiger partial charge on any atom is -0.486 e. The minimum atomic E-state index is -0.455. The molecule has 0 saturated heterocycles. The summed E-state index contributed by atoms with van der Waals surface area (Å²) in [6, 6.07) is 11.2. The monoisotopic (exact) mass is 348 g/mol. The predicted molar refractivity (Wildman–Crippen MR) is 100 cm³/mol. The van der Waals surface area contributed by atoms with E-state index in [-0.39, 0.29) is 5.57 Å². The molecule has 132 valence electrons. The number of benzene rings is 2. The Balaban J connectivity index is 1.85. The van der Waals surface area contributed by atoms with E-state index in [0.29, 0.717) is 30.4 Å². The average Bonchev–Trinajstić information content (AvgIpc) is 2.61. The molecule has 1 N–H and O–H groups in total. The third kappa shape index (κ3) is 3.70. The van der Waals surface area contributed by atoms with Crippen molar-refractivity contribution in [1.29, 1.82) is 5.26 Å². The summed E-state index contributed by atoms with van der Waals surface area (Å²) < 4.78 is 11.0. The van der Waals surface area contributed by atoms with Crippen LogP contribution in [0.1, 0.15) is 22.3 Å². The number of hydrogen-bond acceptors (Lipinski definition) is 4. The summed E-state index contributed by atoms with van der Waals surface area (Å²) in [4.78, 5) is 12.5. The lowest BCUT2D eigenvalue weighted by Gasteiger charge is -2.19. The van der Waals surface area contributed by atoms with E-state index in [1.807, 2.05) is 39.0 Å². The molecule has 0 unspecified atom stereocenters. The SMILES string of the molecule is Cc1cc(C)c(/C=C(\C#N)C(=O)Nc2ccc3c(c2)OCCO3)c(C)c1. The van der Waals surface area contributed by atoms with Crippen molar-refractivity contribution in [2.24, 2.45) is 0 Å². The molecule has 5 heteroatoms. The first kappa shape index (κ1) is 17.6. The van der Waals surface area contributed by atoms with E-state index in [1.54, 1.807) is 24.3 Å². The maximum absolute atomic E-state index is 12.5. The first-order valence-corrected chi connectivity index (χ1v) is 8.38. The molecule has 0 aliphatic carbocycles. The second kappa shape index (κ2) is 7.32. The van der Waals surface area contributed by atoms with Gasteiger partial charge in [0.1, 0.15) is 24.9 Å². The Hall–Kier alpha value is -3.26. The van der Waals surface area contributed by atoms with Crippen LogP contribution in [-0.4, -0.2) is 19.1 Å². The van der Waals surface area contributed by atoms with Gasteiger partial charge in [0.2, 0.25) is 0 Å². The second-order valence-corrected chi connectivity index (χ2v) is 6.29. The third-order valence-electron chi connectivity index (χ3n) is 4.19. The molecule has 1 heterocycles. The van der Waals surface area contributed by atoms with Crippen molar-refractivity contribution < 1.29 is 14.3 Å². The number of nitriles is 1. The van der Waals surface area contributed by atoms with E-state index in [0.717, 1.165) is 22.3 Å². The number of nitrogens with one attached hydrogen (secondary N) is 1. The number of aryl methyl sites for hydroxylation is 3. The summed E-state index contributed by atoms with van der Waals surface area (Å²) in [6.45, 7) is 6.95. The molecule has 3 rings (SSSR count). The molecule has 0 radical (unpaired) electrons. The number of fused-ring (bicyclic) bond motifs is 1. The Morgan fingerprint density at radius 3 is 2.38 bits per heavy atom. The number of rotatable bonds is 3. The van der Waals surface area contributed by atoms with Crippen LogP contribution in [0.2, 0.25) is 0 Å². The van der Waals surface area contributed by atoms with Gasteiger partial charge >= 0.3 is 0 Å². The molecule has 0 fully saturated rings. The molecule has 0 spiro atoms. The van der Waals surface area contributed by atoms with Crippen LogP contribution < -0.4 is 14.8 Å². The van der Waals surface area contributed by atoms with Gasteiger partial charge in [-0.25, -0.2) is 0 Å². The van der Waals surface area contributed by atoms with Crippen LogP contribution in [0.5, 0.6) is 11.5 Å². The van der Waals surface area contributed by atoms with Crippen LogP contribution in [0.4, 0.5) is 5.69 Å². The van der Waals surface area contributed by atoms with Crippen molar-refractivity contribution in [3.05, 3.63) is 58.2 Å². The summed E-state index contributed by atoms with van der Waals surface area (Å²) in [5, 5.41) is 12.2.